The maximum Gasteiger partial charge on any atom is 0.0471 e. The van der Waals surface area contributed by atoms with Crippen LogP contribution in [0.2, 0.25) is 0 Å². The van der Waals surface area contributed by atoms with Gasteiger partial charge < -0.3 is 16.2 Å². The fraction of sp³-hybridized carbons (Fsp3) is 1.00. The van der Waals surface area contributed by atoms with Crippen LogP contribution in [0.3, 0.4) is 0 Å². The summed E-state index contributed by atoms with van der Waals surface area (Å²) in [7, 11) is 0. The zero-order chi connectivity index (χ0) is 13.1. The molecule has 0 aromatic carbocycles. The number of nitrogens with two attached hydrogens (primary N) is 1. The maximum atomic E-state index is 9.24. The van der Waals surface area contributed by atoms with Crippen LogP contribution in [0.4, 0.5) is 0 Å². The van der Waals surface area contributed by atoms with E-state index >= 15 is 0 Å². The second-order valence-electron chi connectivity index (χ2n) is 6.24. The predicted octanol–water partition coefficient (Wildman–Crippen LogP) is 1.75. The van der Waals surface area contributed by atoms with Crippen molar-refractivity contribution in [2.45, 2.75) is 58.5 Å². The SMILES string of the molecule is CC1CCC(C)C(CN)(NC(C)C(C)CO)C1. The van der Waals surface area contributed by atoms with Crippen molar-refractivity contribution in [2.75, 3.05) is 13.2 Å². The van der Waals surface area contributed by atoms with E-state index in [9.17, 15) is 5.11 Å². The minimum Gasteiger partial charge on any atom is -0.396 e. The summed E-state index contributed by atoms with van der Waals surface area (Å²) < 4.78 is 0. The summed E-state index contributed by atoms with van der Waals surface area (Å²) in [6.45, 7) is 9.79. The van der Waals surface area contributed by atoms with Gasteiger partial charge in [-0.2, -0.15) is 0 Å². The first-order chi connectivity index (χ1) is 7.95. The summed E-state index contributed by atoms with van der Waals surface area (Å²) in [4.78, 5) is 0. The lowest BCUT2D eigenvalue weighted by Crippen LogP contribution is -2.62. The molecule has 102 valence electrons. The van der Waals surface area contributed by atoms with E-state index < -0.39 is 0 Å². The highest BCUT2D eigenvalue weighted by molar-refractivity contribution is 4.99. The van der Waals surface area contributed by atoms with Crippen LogP contribution in [-0.4, -0.2) is 29.8 Å². The molecule has 0 radical (unpaired) electrons. The number of aliphatic hydroxyl groups is 1. The molecule has 1 aliphatic rings. The molecule has 0 heterocycles. The molecule has 1 rings (SSSR count). The van der Waals surface area contributed by atoms with Gasteiger partial charge in [0, 0.05) is 24.7 Å². The van der Waals surface area contributed by atoms with Crippen molar-refractivity contribution in [1.82, 2.24) is 5.32 Å². The molecule has 0 aliphatic heterocycles. The summed E-state index contributed by atoms with van der Waals surface area (Å²) >= 11 is 0. The summed E-state index contributed by atoms with van der Waals surface area (Å²) in [5, 5.41) is 13.0. The van der Waals surface area contributed by atoms with Crippen LogP contribution >= 0.6 is 0 Å². The molecule has 0 aromatic rings. The van der Waals surface area contributed by atoms with Gasteiger partial charge in [-0.25, -0.2) is 0 Å². The largest absolute Gasteiger partial charge is 0.396 e. The Bertz CT molecular complexity index is 234. The Morgan fingerprint density at radius 1 is 1.35 bits per heavy atom. The quantitative estimate of drug-likeness (QED) is 0.688. The molecule has 0 spiro atoms. The Morgan fingerprint density at radius 2 is 2.00 bits per heavy atom. The van der Waals surface area contributed by atoms with E-state index in [1.54, 1.807) is 0 Å². The molecule has 17 heavy (non-hydrogen) atoms. The molecule has 0 aromatic heterocycles. The molecular formula is C14H30N2O. The van der Waals surface area contributed by atoms with Crippen molar-refractivity contribution >= 4 is 0 Å². The zero-order valence-electron chi connectivity index (χ0n) is 11.9. The highest BCUT2D eigenvalue weighted by Crippen LogP contribution is 2.36. The highest BCUT2D eigenvalue weighted by atomic mass is 16.3. The molecule has 5 atom stereocenters. The van der Waals surface area contributed by atoms with Crippen molar-refractivity contribution in [3.8, 4) is 0 Å². The Hall–Kier alpha value is -0.120. The van der Waals surface area contributed by atoms with Crippen molar-refractivity contribution in [2.24, 2.45) is 23.5 Å². The second kappa shape index (κ2) is 6.17. The molecule has 0 bridgehead atoms. The molecule has 3 heteroatoms. The standard InChI is InChI=1S/C14H30N2O/c1-10-5-6-12(3)14(7-10,9-15)16-13(4)11(2)8-17/h10-13,16-17H,5-9,15H2,1-4H3. The third-order valence-corrected chi connectivity index (χ3v) is 4.77. The van der Waals surface area contributed by atoms with E-state index in [1.165, 1.54) is 12.8 Å². The van der Waals surface area contributed by atoms with Gasteiger partial charge in [0.25, 0.3) is 0 Å². The van der Waals surface area contributed by atoms with E-state index in [4.69, 9.17) is 5.73 Å². The van der Waals surface area contributed by atoms with Gasteiger partial charge in [-0.3, -0.25) is 0 Å². The monoisotopic (exact) mass is 242 g/mol. The second-order valence-corrected chi connectivity index (χ2v) is 6.24. The van der Waals surface area contributed by atoms with Gasteiger partial charge in [0.15, 0.2) is 0 Å². The van der Waals surface area contributed by atoms with Crippen molar-refractivity contribution in [3.05, 3.63) is 0 Å². The molecule has 5 unspecified atom stereocenters. The Balaban J connectivity index is 2.72. The van der Waals surface area contributed by atoms with Crippen molar-refractivity contribution in [3.63, 3.8) is 0 Å². The first-order valence-electron chi connectivity index (χ1n) is 7.03. The molecule has 1 aliphatic carbocycles. The minimum absolute atomic E-state index is 0.0700. The first-order valence-corrected chi connectivity index (χ1v) is 7.03. The summed E-state index contributed by atoms with van der Waals surface area (Å²) in [5.74, 6) is 1.65. The summed E-state index contributed by atoms with van der Waals surface area (Å²) in [6.07, 6.45) is 3.73. The number of hydrogen-bond donors (Lipinski definition) is 3. The van der Waals surface area contributed by atoms with E-state index in [1.807, 2.05) is 0 Å². The van der Waals surface area contributed by atoms with Gasteiger partial charge in [-0.15, -0.1) is 0 Å². The molecule has 3 nitrogen and oxygen atoms in total. The number of rotatable bonds is 5. The van der Waals surface area contributed by atoms with Crippen molar-refractivity contribution < 1.29 is 5.11 Å². The zero-order valence-corrected chi connectivity index (χ0v) is 11.9. The molecule has 1 saturated carbocycles. The lowest BCUT2D eigenvalue weighted by molar-refractivity contribution is 0.0942. The van der Waals surface area contributed by atoms with E-state index in [0.29, 0.717) is 18.5 Å². The minimum atomic E-state index is 0.0700. The van der Waals surface area contributed by atoms with Gasteiger partial charge in [0.1, 0.15) is 0 Å². The molecule has 4 N–H and O–H groups in total. The van der Waals surface area contributed by atoms with E-state index in [2.05, 4.69) is 33.0 Å². The van der Waals surface area contributed by atoms with Gasteiger partial charge in [-0.05, 0) is 37.5 Å². The fourth-order valence-corrected chi connectivity index (χ4v) is 3.03. The lowest BCUT2D eigenvalue weighted by atomic mass is 9.69. The van der Waals surface area contributed by atoms with Crippen LogP contribution in [0.5, 0.6) is 0 Å². The van der Waals surface area contributed by atoms with Crippen LogP contribution in [0.1, 0.15) is 47.0 Å². The molecule has 1 fully saturated rings. The lowest BCUT2D eigenvalue weighted by Gasteiger charge is -2.47. The van der Waals surface area contributed by atoms with Crippen LogP contribution in [0.15, 0.2) is 0 Å². The van der Waals surface area contributed by atoms with Gasteiger partial charge >= 0.3 is 0 Å². The highest BCUT2D eigenvalue weighted by Gasteiger charge is 2.40. The molecular weight excluding hydrogens is 212 g/mol. The Kier molecular flexibility index (Phi) is 5.42. The number of hydrogen-bond acceptors (Lipinski definition) is 3. The summed E-state index contributed by atoms with van der Waals surface area (Å²) in [5.41, 5.74) is 6.13. The fourth-order valence-electron chi connectivity index (χ4n) is 3.03. The smallest absolute Gasteiger partial charge is 0.0471 e. The van der Waals surface area contributed by atoms with Crippen LogP contribution in [0.25, 0.3) is 0 Å². The Labute approximate surface area is 106 Å². The van der Waals surface area contributed by atoms with Gasteiger partial charge in [0.05, 0.1) is 0 Å². The average Bonchev–Trinajstić information content (AvgIpc) is 2.32. The van der Waals surface area contributed by atoms with Crippen molar-refractivity contribution in [1.29, 1.82) is 0 Å². The van der Waals surface area contributed by atoms with Crippen LogP contribution in [-0.2, 0) is 0 Å². The molecule has 0 amide bonds. The van der Waals surface area contributed by atoms with Gasteiger partial charge in [-0.1, -0.05) is 27.2 Å². The van der Waals surface area contributed by atoms with Crippen LogP contribution < -0.4 is 11.1 Å². The third kappa shape index (κ3) is 3.43. The van der Waals surface area contributed by atoms with Gasteiger partial charge in [0.2, 0.25) is 0 Å². The summed E-state index contributed by atoms with van der Waals surface area (Å²) in [6, 6.07) is 0.316. The number of nitrogens with one attached hydrogen (secondary N) is 1. The number of aliphatic hydroxyl groups excluding tert-OH is 1. The van der Waals surface area contributed by atoms with Crippen LogP contribution in [0, 0.1) is 17.8 Å². The maximum absolute atomic E-state index is 9.24. The third-order valence-electron chi connectivity index (χ3n) is 4.77. The normalized spacial score (nSPS) is 37.8. The van der Waals surface area contributed by atoms with E-state index in [0.717, 1.165) is 12.3 Å². The Morgan fingerprint density at radius 3 is 2.53 bits per heavy atom. The van der Waals surface area contributed by atoms with E-state index in [-0.39, 0.29) is 18.1 Å². The molecule has 0 saturated heterocycles. The predicted molar refractivity (Wildman–Crippen MR) is 72.8 cm³/mol. The average molecular weight is 242 g/mol. The first kappa shape index (κ1) is 14.9. The topological polar surface area (TPSA) is 58.3 Å².